The summed E-state index contributed by atoms with van der Waals surface area (Å²) in [6.07, 6.45) is 2.07. The second kappa shape index (κ2) is 6.35. The second-order valence-electron chi connectivity index (χ2n) is 5.44. The molecule has 0 saturated heterocycles. The van der Waals surface area contributed by atoms with Gasteiger partial charge in [0.2, 0.25) is 0 Å². The van der Waals surface area contributed by atoms with E-state index in [1.165, 1.54) is 25.0 Å². The first kappa shape index (κ1) is 14.3. The number of halogens is 1. The maximum absolute atomic E-state index is 12.7. The molecule has 106 valence electrons. The molecule has 0 amide bonds. The lowest BCUT2D eigenvalue weighted by atomic mass is 10.2. The lowest BCUT2D eigenvalue weighted by Gasteiger charge is -2.26. The van der Waals surface area contributed by atoms with Crippen LogP contribution in [0.1, 0.15) is 19.8 Å². The first-order chi connectivity index (χ1) is 9.06. The predicted octanol–water partition coefficient (Wildman–Crippen LogP) is 2.30. The van der Waals surface area contributed by atoms with Crippen LogP contribution in [0.3, 0.4) is 0 Å². The number of aliphatic hydroxyl groups is 1. The van der Waals surface area contributed by atoms with Crippen LogP contribution in [-0.2, 0) is 0 Å². The van der Waals surface area contributed by atoms with Crippen LogP contribution in [0.4, 0.5) is 4.39 Å². The van der Waals surface area contributed by atoms with Crippen molar-refractivity contribution in [1.29, 1.82) is 0 Å². The smallest absolute Gasteiger partial charge is 0.123 e. The molecule has 0 aliphatic heterocycles. The van der Waals surface area contributed by atoms with Crippen molar-refractivity contribution in [3.63, 3.8) is 0 Å². The number of likely N-dealkylation sites (N-methyl/N-ethyl adjacent to an activating group) is 1. The first-order valence-corrected chi connectivity index (χ1v) is 6.83. The number of aliphatic hydroxyl groups excluding tert-OH is 1. The molecular formula is C15H22FNO2. The third-order valence-corrected chi connectivity index (χ3v) is 3.75. The molecule has 0 spiro atoms. The zero-order valence-electron chi connectivity index (χ0n) is 11.6. The summed E-state index contributed by atoms with van der Waals surface area (Å²) in [6.45, 7) is 3.03. The summed E-state index contributed by atoms with van der Waals surface area (Å²) in [4.78, 5) is 2.18. The van der Waals surface area contributed by atoms with Crippen molar-refractivity contribution in [3.8, 4) is 5.75 Å². The number of nitrogens with zero attached hydrogens (tertiary/aromatic N) is 1. The minimum absolute atomic E-state index is 0.230. The molecule has 1 saturated carbocycles. The molecule has 4 heteroatoms. The van der Waals surface area contributed by atoms with Crippen LogP contribution in [0.25, 0.3) is 0 Å². The maximum atomic E-state index is 12.7. The summed E-state index contributed by atoms with van der Waals surface area (Å²) >= 11 is 0. The Bertz CT molecular complexity index is 392. The van der Waals surface area contributed by atoms with E-state index in [0.717, 1.165) is 5.92 Å². The molecule has 3 nitrogen and oxygen atoms in total. The van der Waals surface area contributed by atoms with Crippen LogP contribution in [0, 0.1) is 11.7 Å². The van der Waals surface area contributed by atoms with Gasteiger partial charge in [0.05, 0.1) is 0 Å². The number of benzene rings is 1. The molecule has 1 aromatic carbocycles. The minimum Gasteiger partial charge on any atom is -0.491 e. The van der Waals surface area contributed by atoms with Gasteiger partial charge in [-0.05, 0) is 57.0 Å². The van der Waals surface area contributed by atoms with E-state index in [4.69, 9.17) is 4.74 Å². The molecule has 2 atom stereocenters. The van der Waals surface area contributed by atoms with Crippen molar-refractivity contribution in [2.45, 2.75) is 31.9 Å². The maximum Gasteiger partial charge on any atom is 0.123 e. The molecule has 1 aromatic rings. The topological polar surface area (TPSA) is 32.7 Å². The molecule has 1 N–H and O–H groups in total. The summed E-state index contributed by atoms with van der Waals surface area (Å²) in [5.74, 6) is 1.08. The van der Waals surface area contributed by atoms with Crippen molar-refractivity contribution in [1.82, 2.24) is 4.90 Å². The Morgan fingerprint density at radius 1 is 1.37 bits per heavy atom. The number of hydrogen-bond donors (Lipinski definition) is 1. The standard InChI is InChI=1S/C15H22FNO2/c1-11(12-3-4-12)17(2)9-14(18)10-19-15-7-5-13(16)6-8-15/h5-8,11-12,14,18H,3-4,9-10H2,1-2H3/t11-,14-/m0/s1. The van der Waals surface area contributed by atoms with E-state index in [1.807, 2.05) is 7.05 Å². The first-order valence-electron chi connectivity index (χ1n) is 6.83. The van der Waals surface area contributed by atoms with Gasteiger partial charge in [0.25, 0.3) is 0 Å². The Labute approximate surface area is 114 Å². The van der Waals surface area contributed by atoms with Crippen molar-refractivity contribution < 1.29 is 14.2 Å². The van der Waals surface area contributed by atoms with E-state index in [9.17, 15) is 9.50 Å². The summed E-state index contributed by atoms with van der Waals surface area (Å²) in [5, 5.41) is 9.95. The molecule has 0 unspecified atom stereocenters. The Hall–Kier alpha value is -1.13. The molecule has 2 rings (SSSR count). The molecule has 1 fully saturated rings. The largest absolute Gasteiger partial charge is 0.491 e. The van der Waals surface area contributed by atoms with Crippen LogP contribution < -0.4 is 4.74 Å². The van der Waals surface area contributed by atoms with E-state index in [-0.39, 0.29) is 12.4 Å². The fraction of sp³-hybridized carbons (Fsp3) is 0.600. The highest BCUT2D eigenvalue weighted by Crippen LogP contribution is 2.34. The molecular weight excluding hydrogens is 245 g/mol. The fourth-order valence-corrected chi connectivity index (χ4v) is 2.21. The Morgan fingerprint density at radius 3 is 2.58 bits per heavy atom. The molecule has 0 radical (unpaired) electrons. The SMILES string of the molecule is C[C@@H](C1CC1)N(C)C[C@H](O)COc1ccc(F)cc1. The van der Waals surface area contributed by atoms with Gasteiger partial charge < -0.3 is 14.7 Å². The van der Waals surface area contributed by atoms with Gasteiger partial charge in [0.1, 0.15) is 24.3 Å². The molecule has 19 heavy (non-hydrogen) atoms. The minimum atomic E-state index is -0.531. The van der Waals surface area contributed by atoms with E-state index in [1.54, 1.807) is 12.1 Å². The Balaban J connectivity index is 1.71. The Morgan fingerprint density at radius 2 is 2.00 bits per heavy atom. The van der Waals surface area contributed by atoms with Crippen LogP contribution in [0.5, 0.6) is 5.75 Å². The molecule has 0 bridgehead atoms. The van der Waals surface area contributed by atoms with Gasteiger partial charge in [-0.2, -0.15) is 0 Å². The van der Waals surface area contributed by atoms with Gasteiger partial charge in [-0.25, -0.2) is 4.39 Å². The average molecular weight is 267 g/mol. The lowest BCUT2D eigenvalue weighted by molar-refractivity contribution is 0.0622. The van der Waals surface area contributed by atoms with E-state index < -0.39 is 6.10 Å². The summed E-state index contributed by atoms with van der Waals surface area (Å²) in [5.41, 5.74) is 0. The van der Waals surface area contributed by atoms with Crippen LogP contribution in [0.15, 0.2) is 24.3 Å². The second-order valence-corrected chi connectivity index (χ2v) is 5.44. The Kier molecular flexibility index (Phi) is 4.77. The highest BCUT2D eigenvalue weighted by Gasteiger charge is 2.30. The third kappa shape index (κ3) is 4.48. The van der Waals surface area contributed by atoms with E-state index in [2.05, 4.69) is 11.8 Å². The van der Waals surface area contributed by atoms with Gasteiger partial charge in [-0.1, -0.05) is 0 Å². The molecule has 1 aliphatic carbocycles. The molecule has 1 aliphatic rings. The highest BCUT2D eigenvalue weighted by molar-refractivity contribution is 5.22. The monoisotopic (exact) mass is 267 g/mol. The highest BCUT2D eigenvalue weighted by atomic mass is 19.1. The van der Waals surface area contributed by atoms with Crippen molar-refractivity contribution in [2.24, 2.45) is 5.92 Å². The lowest BCUT2D eigenvalue weighted by Crippen LogP contribution is -2.39. The number of hydrogen-bond acceptors (Lipinski definition) is 3. The zero-order valence-corrected chi connectivity index (χ0v) is 11.6. The van der Waals surface area contributed by atoms with Gasteiger partial charge in [0.15, 0.2) is 0 Å². The van der Waals surface area contributed by atoms with Gasteiger partial charge >= 0.3 is 0 Å². The quantitative estimate of drug-likeness (QED) is 0.823. The zero-order chi connectivity index (χ0) is 13.8. The van der Waals surface area contributed by atoms with Crippen molar-refractivity contribution >= 4 is 0 Å². The normalized spacial score (nSPS) is 18.4. The van der Waals surface area contributed by atoms with Crippen molar-refractivity contribution in [2.75, 3.05) is 20.2 Å². The molecule has 0 heterocycles. The number of ether oxygens (including phenoxy) is 1. The van der Waals surface area contributed by atoms with Crippen LogP contribution in [0.2, 0.25) is 0 Å². The average Bonchev–Trinajstić information content (AvgIpc) is 3.21. The third-order valence-electron chi connectivity index (χ3n) is 3.75. The summed E-state index contributed by atoms with van der Waals surface area (Å²) in [7, 11) is 2.03. The van der Waals surface area contributed by atoms with Crippen LogP contribution in [-0.4, -0.2) is 42.4 Å². The predicted molar refractivity (Wildman–Crippen MR) is 72.7 cm³/mol. The van der Waals surface area contributed by atoms with Gasteiger partial charge in [0, 0.05) is 12.6 Å². The van der Waals surface area contributed by atoms with Gasteiger partial charge in [-0.3, -0.25) is 0 Å². The summed E-state index contributed by atoms with van der Waals surface area (Å²) in [6, 6.07) is 6.35. The van der Waals surface area contributed by atoms with Crippen LogP contribution >= 0.6 is 0 Å². The summed E-state index contributed by atoms with van der Waals surface area (Å²) < 4.78 is 18.2. The molecule has 0 aromatic heterocycles. The number of rotatable bonds is 7. The fourth-order valence-electron chi connectivity index (χ4n) is 2.21. The van der Waals surface area contributed by atoms with E-state index in [0.29, 0.717) is 18.3 Å². The van der Waals surface area contributed by atoms with Gasteiger partial charge in [-0.15, -0.1) is 0 Å². The van der Waals surface area contributed by atoms with Crippen molar-refractivity contribution in [3.05, 3.63) is 30.1 Å². The van der Waals surface area contributed by atoms with E-state index >= 15 is 0 Å².